The van der Waals surface area contributed by atoms with Gasteiger partial charge in [0.2, 0.25) is 0 Å². The van der Waals surface area contributed by atoms with Gasteiger partial charge < -0.3 is 10.2 Å². The molecule has 0 aliphatic carbocycles. The molecule has 3 rings (SSSR count). The van der Waals surface area contributed by atoms with Gasteiger partial charge in [0.25, 0.3) is 11.7 Å². The number of rotatable bonds is 7. The molecular weight excluding hydrogens is 414 g/mol. The van der Waals surface area contributed by atoms with Crippen LogP contribution < -0.4 is 15.1 Å². The number of phenolic OH excluding ortho intramolecular Hbond substituents is 1. The third-order valence-electron chi connectivity index (χ3n) is 3.91. The molecule has 0 saturated heterocycles. The van der Waals surface area contributed by atoms with Crippen molar-refractivity contribution in [2.24, 2.45) is 5.10 Å². The summed E-state index contributed by atoms with van der Waals surface area (Å²) in [7, 11) is 0. The van der Waals surface area contributed by atoms with Crippen LogP contribution in [0.3, 0.4) is 0 Å². The van der Waals surface area contributed by atoms with Gasteiger partial charge in [0.1, 0.15) is 5.75 Å². The van der Waals surface area contributed by atoms with Gasteiger partial charge in [0.05, 0.1) is 29.2 Å². The molecule has 29 heavy (non-hydrogen) atoms. The average molecular weight is 432 g/mol. The molecule has 0 aliphatic rings. The third-order valence-corrected chi connectivity index (χ3v) is 5.14. The van der Waals surface area contributed by atoms with E-state index in [1.807, 2.05) is 23.6 Å². The number of hydrazone groups is 1. The number of nitrogens with zero attached hydrogens (tertiary/aromatic N) is 3. The number of hydrogen-bond acceptors (Lipinski definition) is 6. The Kier molecular flexibility index (Phi) is 6.73. The van der Waals surface area contributed by atoms with E-state index in [-0.39, 0.29) is 17.4 Å². The molecule has 0 unspecified atom stereocenters. The number of thioether (sulfide) groups is 1. The quantitative estimate of drug-likeness (QED) is 0.229. The van der Waals surface area contributed by atoms with Crippen LogP contribution >= 0.6 is 23.4 Å². The minimum atomic E-state index is -0.469. The zero-order chi connectivity index (χ0) is 20.8. The van der Waals surface area contributed by atoms with Crippen LogP contribution in [0.1, 0.15) is 12.5 Å². The summed E-state index contributed by atoms with van der Waals surface area (Å²) in [5, 5.41) is 33.0. The first-order valence-corrected chi connectivity index (χ1v) is 10.0. The first-order chi connectivity index (χ1) is 14.0. The minimum absolute atomic E-state index is 0.118. The van der Waals surface area contributed by atoms with Crippen molar-refractivity contribution in [3.05, 3.63) is 53.1 Å². The molecule has 10 heteroatoms. The van der Waals surface area contributed by atoms with Gasteiger partial charge in [-0.05, 0) is 54.6 Å². The van der Waals surface area contributed by atoms with Crippen LogP contribution in [0.25, 0.3) is 11.4 Å². The summed E-state index contributed by atoms with van der Waals surface area (Å²) in [5.41, 5.74) is 3.85. The zero-order valence-corrected chi connectivity index (χ0v) is 17.0. The summed E-state index contributed by atoms with van der Waals surface area (Å²) < 4.78 is 1.97. The van der Waals surface area contributed by atoms with Crippen molar-refractivity contribution in [2.45, 2.75) is 18.6 Å². The molecule has 3 aromatic rings. The van der Waals surface area contributed by atoms with E-state index in [0.29, 0.717) is 22.3 Å². The second-order valence-corrected chi connectivity index (χ2v) is 7.29. The summed E-state index contributed by atoms with van der Waals surface area (Å²) >= 11 is 7.22. The molecule has 1 heterocycles. The number of amides is 1. The molecule has 150 valence electrons. The molecule has 0 radical (unpaired) electrons. The number of aromatic nitrogens is 3. The molecule has 1 amide bonds. The van der Waals surface area contributed by atoms with Gasteiger partial charge in [-0.1, -0.05) is 29.5 Å². The second-order valence-electron chi connectivity index (χ2n) is 5.91. The number of hydrogen-bond donors (Lipinski definition) is 3. The van der Waals surface area contributed by atoms with Gasteiger partial charge in [0, 0.05) is 5.02 Å². The van der Waals surface area contributed by atoms with Crippen molar-refractivity contribution < 1.29 is 19.6 Å². The van der Waals surface area contributed by atoms with Crippen LogP contribution in [0.15, 0.2) is 52.7 Å². The SMILES string of the molecule is CC[n+]1c(SCC(=O)N/N=C/c2ccc([O-])c(O)c2)n[nH]c1-c1ccc(Cl)cc1. The molecule has 0 bridgehead atoms. The van der Waals surface area contributed by atoms with E-state index in [0.717, 1.165) is 11.4 Å². The van der Waals surface area contributed by atoms with Gasteiger partial charge in [-0.15, -0.1) is 5.10 Å². The lowest BCUT2D eigenvalue weighted by Gasteiger charge is -2.07. The fraction of sp³-hybridized carbons (Fsp3) is 0.158. The maximum Gasteiger partial charge on any atom is 0.337 e. The highest BCUT2D eigenvalue weighted by Crippen LogP contribution is 2.21. The number of H-pyrrole nitrogens is 1. The Hall–Kier alpha value is -3.04. The molecular formula is C19H18ClN5O3S. The van der Waals surface area contributed by atoms with Crippen molar-refractivity contribution in [2.75, 3.05) is 5.75 Å². The highest BCUT2D eigenvalue weighted by molar-refractivity contribution is 7.99. The Morgan fingerprint density at radius 3 is 2.83 bits per heavy atom. The van der Waals surface area contributed by atoms with Crippen LogP contribution in [0.4, 0.5) is 0 Å². The van der Waals surface area contributed by atoms with Gasteiger partial charge in [-0.25, -0.2) is 9.99 Å². The largest absolute Gasteiger partial charge is 0.870 e. The van der Waals surface area contributed by atoms with E-state index < -0.39 is 5.75 Å². The van der Waals surface area contributed by atoms with E-state index in [9.17, 15) is 15.0 Å². The number of halogens is 1. The zero-order valence-electron chi connectivity index (χ0n) is 15.4. The fourth-order valence-electron chi connectivity index (χ4n) is 2.50. The van der Waals surface area contributed by atoms with Crippen molar-refractivity contribution >= 4 is 35.5 Å². The highest BCUT2D eigenvalue weighted by Gasteiger charge is 2.21. The van der Waals surface area contributed by atoms with E-state index in [1.165, 1.54) is 36.2 Å². The Balaban J connectivity index is 1.59. The molecule has 0 saturated carbocycles. The number of nitrogens with one attached hydrogen (secondary N) is 2. The number of carbonyl (C=O) groups excluding carboxylic acids is 1. The number of carbonyl (C=O) groups is 1. The van der Waals surface area contributed by atoms with Gasteiger partial charge in [-0.3, -0.25) is 4.79 Å². The second kappa shape index (κ2) is 9.44. The molecule has 0 atom stereocenters. The van der Waals surface area contributed by atoms with E-state index >= 15 is 0 Å². The monoisotopic (exact) mass is 431 g/mol. The lowest BCUT2D eigenvalue weighted by molar-refractivity contribution is -0.719. The Bertz CT molecular complexity index is 1040. The average Bonchev–Trinajstić information content (AvgIpc) is 3.12. The number of benzene rings is 2. The normalized spacial score (nSPS) is 11.1. The number of phenols is 1. The van der Waals surface area contributed by atoms with E-state index in [2.05, 4.69) is 20.7 Å². The molecule has 3 N–H and O–H groups in total. The van der Waals surface area contributed by atoms with Crippen molar-refractivity contribution in [1.29, 1.82) is 0 Å². The molecule has 0 fully saturated rings. The Morgan fingerprint density at radius 1 is 1.38 bits per heavy atom. The van der Waals surface area contributed by atoms with Gasteiger partial charge in [0.15, 0.2) is 0 Å². The highest BCUT2D eigenvalue weighted by atomic mass is 35.5. The molecule has 0 aliphatic heterocycles. The van der Waals surface area contributed by atoms with Crippen LogP contribution in [0.2, 0.25) is 5.02 Å². The lowest BCUT2D eigenvalue weighted by atomic mass is 10.2. The van der Waals surface area contributed by atoms with E-state index in [1.54, 1.807) is 12.1 Å². The number of aromatic amines is 1. The van der Waals surface area contributed by atoms with Crippen LogP contribution in [0, 0.1) is 0 Å². The van der Waals surface area contributed by atoms with Crippen LogP contribution in [-0.2, 0) is 11.3 Å². The summed E-state index contributed by atoms with van der Waals surface area (Å²) in [6.07, 6.45) is 1.35. The smallest absolute Gasteiger partial charge is 0.337 e. The Labute approximate surface area is 176 Å². The maximum absolute atomic E-state index is 12.0. The van der Waals surface area contributed by atoms with Crippen molar-refractivity contribution in [3.8, 4) is 22.9 Å². The summed E-state index contributed by atoms with van der Waals surface area (Å²) in [6.45, 7) is 2.67. The fourth-order valence-corrected chi connectivity index (χ4v) is 3.44. The molecule has 1 aromatic heterocycles. The van der Waals surface area contributed by atoms with Crippen LogP contribution in [-0.4, -0.2) is 33.2 Å². The standard InChI is InChI=1S/C19H18ClN5O3S/c1-2-25-18(13-4-6-14(20)7-5-13)23-24-19(25)29-11-17(28)22-21-10-12-3-8-15(26)16(27)9-12/h3-10H,2,11H2,1H3,(H3,21,22,26,27,28). The summed E-state index contributed by atoms with van der Waals surface area (Å²) in [6, 6.07) is 11.4. The van der Waals surface area contributed by atoms with Gasteiger partial charge in [-0.2, -0.15) is 5.10 Å². The lowest BCUT2D eigenvalue weighted by Crippen LogP contribution is -2.36. The predicted octanol–water partition coefficient (Wildman–Crippen LogP) is 2.06. The molecule has 0 spiro atoms. The van der Waals surface area contributed by atoms with Gasteiger partial charge >= 0.3 is 5.16 Å². The minimum Gasteiger partial charge on any atom is -0.870 e. The number of aromatic hydroxyl groups is 1. The topological polar surface area (TPSA) is 117 Å². The first kappa shape index (κ1) is 20.7. The van der Waals surface area contributed by atoms with Crippen molar-refractivity contribution in [3.63, 3.8) is 0 Å². The maximum atomic E-state index is 12.0. The third kappa shape index (κ3) is 5.27. The predicted molar refractivity (Wildman–Crippen MR) is 109 cm³/mol. The summed E-state index contributed by atoms with van der Waals surface area (Å²) in [5.74, 6) is -0.201. The first-order valence-electron chi connectivity index (χ1n) is 8.66. The molecule has 8 nitrogen and oxygen atoms in total. The molecule has 2 aromatic carbocycles. The summed E-state index contributed by atoms with van der Waals surface area (Å²) in [4.78, 5) is 12.0. The van der Waals surface area contributed by atoms with Crippen molar-refractivity contribution in [1.82, 2.24) is 15.6 Å². The van der Waals surface area contributed by atoms with E-state index in [4.69, 9.17) is 11.6 Å². The van der Waals surface area contributed by atoms with Crippen LogP contribution in [0.5, 0.6) is 11.5 Å². The Morgan fingerprint density at radius 2 is 2.14 bits per heavy atom.